The Morgan fingerprint density at radius 3 is 2.12 bits per heavy atom. The SMILES string of the molecule is CC1C(=O)CC(O)C2C1(C)CCC1C2(C)CCC2(C)C3CC(C)(C)CCC3(C)CC(O)C12C. The van der Waals surface area contributed by atoms with Crippen molar-refractivity contribution in [2.75, 3.05) is 0 Å². The largest absolute Gasteiger partial charge is 0.393 e. The fraction of sp³-hybridized carbons (Fsp3) is 0.967. The van der Waals surface area contributed by atoms with Gasteiger partial charge in [-0.25, -0.2) is 0 Å². The molecule has 5 aliphatic rings. The van der Waals surface area contributed by atoms with Gasteiger partial charge in [0.05, 0.1) is 12.2 Å². The molecule has 0 amide bonds. The Hall–Kier alpha value is -0.410. The van der Waals surface area contributed by atoms with Crippen LogP contribution >= 0.6 is 0 Å². The van der Waals surface area contributed by atoms with Gasteiger partial charge in [-0.1, -0.05) is 55.4 Å². The van der Waals surface area contributed by atoms with E-state index in [0.717, 1.165) is 32.1 Å². The second kappa shape index (κ2) is 6.87. The topological polar surface area (TPSA) is 57.5 Å². The summed E-state index contributed by atoms with van der Waals surface area (Å²) in [6.45, 7) is 19.2. The van der Waals surface area contributed by atoms with Gasteiger partial charge in [0, 0.05) is 17.8 Å². The molecule has 0 aromatic carbocycles. The van der Waals surface area contributed by atoms with E-state index in [1.54, 1.807) is 0 Å². The van der Waals surface area contributed by atoms with Crippen LogP contribution in [0.1, 0.15) is 113 Å². The summed E-state index contributed by atoms with van der Waals surface area (Å²) < 4.78 is 0. The number of fused-ring (bicyclic) bond motifs is 7. The van der Waals surface area contributed by atoms with E-state index in [1.807, 2.05) is 0 Å². The van der Waals surface area contributed by atoms with Crippen molar-refractivity contribution in [3.63, 3.8) is 0 Å². The van der Waals surface area contributed by atoms with Crippen LogP contribution in [0.3, 0.4) is 0 Å². The zero-order valence-electron chi connectivity index (χ0n) is 22.6. The van der Waals surface area contributed by atoms with Gasteiger partial charge >= 0.3 is 0 Å². The first kappa shape index (κ1) is 24.3. The van der Waals surface area contributed by atoms with Crippen molar-refractivity contribution in [1.82, 2.24) is 0 Å². The minimum absolute atomic E-state index is 0.0171. The molecule has 3 nitrogen and oxygen atoms in total. The van der Waals surface area contributed by atoms with E-state index < -0.39 is 6.10 Å². The van der Waals surface area contributed by atoms with Gasteiger partial charge in [-0.15, -0.1) is 0 Å². The average Bonchev–Trinajstić information content (AvgIpc) is 2.70. The van der Waals surface area contributed by atoms with Crippen molar-refractivity contribution in [1.29, 1.82) is 0 Å². The first-order valence-electron chi connectivity index (χ1n) is 13.9. The molecular formula is C30H50O3. The standard InChI is InChI=1S/C30H50O3/c1-18-19(31)15-20(32)24-27(18,5)10-9-21-28(24,6)13-14-29(7)22-16-25(2,3)11-12-26(22,4)17-23(33)30(21,29)8/h18,20-24,32-33H,9-17H2,1-8H3. The number of Topliss-reactive ketones (excluding diaryl/α,β-unsaturated/α-hetero) is 1. The molecule has 0 aromatic heterocycles. The van der Waals surface area contributed by atoms with Crippen molar-refractivity contribution in [3.05, 3.63) is 0 Å². The van der Waals surface area contributed by atoms with Crippen LogP contribution in [0.25, 0.3) is 0 Å². The molecule has 2 N–H and O–H groups in total. The van der Waals surface area contributed by atoms with Gasteiger partial charge in [0.1, 0.15) is 5.78 Å². The van der Waals surface area contributed by atoms with Crippen molar-refractivity contribution in [2.24, 2.45) is 56.2 Å². The van der Waals surface area contributed by atoms with Gasteiger partial charge in [0.15, 0.2) is 0 Å². The molecule has 0 radical (unpaired) electrons. The molecule has 3 heteroatoms. The number of aliphatic hydroxyl groups excluding tert-OH is 2. The van der Waals surface area contributed by atoms with Gasteiger partial charge in [-0.05, 0) is 96.2 Å². The smallest absolute Gasteiger partial charge is 0.138 e. The van der Waals surface area contributed by atoms with Gasteiger partial charge < -0.3 is 10.2 Å². The molecule has 188 valence electrons. The van der Waals surface area contributed by atoms with Crippen LogP contribution in [-0.4, -0.2) is 28.2 Å². The minimum Gasteiger partial charge on any atom is -0.393 e. The maximum atomic E-state index is 12.8. The molecule has 0 aliphatic heterocycles. The number of aliphatic hydroxyl groups is 2. The summed E-state index contributed by atoms with van der Waals surface area (Å²) in [5.41, 5.74) is 0.391. The number of hydrogen-bond acceptors (Lipinski definition) is 3. The van der Waals surface area contributed by atoms with E-state index in [9.17, 15) is 15.0 Å². The Balaban J connectivity index is 1.60. The third kappa shape index (κ3) is 2.85. The summed E-state index contributed by atoms with van der Waals surface area (Å²) in [6.07, 6.45) is 8.47. The van der Waals surface area contributed by atoms with Crippen LogP contribution in [0.5, 0.6) is 0 Å². The van der Waals surface area contributed by atoms with Gasteiger partial charge in [-0.2, -0.15) is 0 Å². The van der Waals surface area contributed by atoms with E-state index in [4.69, 9.17) is 0 Å². The quantitative estimate of drug-likeness (QED) is 0.442. The molecule has 5 rings (SSSR count). The molecular weight excluding hydrogens is 408 g/mol. The van der Waals surface area contributed by atoms with Crippen LogP contribution in [-0.2, 0) is 4.79 Å². The Labute approximate surface area is 202 Å². The summed E-state index contributed by atoms with van der Waals surface area (Å²) in [4.78, 5) is 12.8. The summed E-state index contributed by atoms with van der Waals surface area (Å²) in [5.74, 6) is 1.43. The summed E-state index contributed by atoms with van der Waals surface area (Å²) in [5, 5.41) is 23.4. The number of rotatable bonds is 0. The maximum absolute atomic E-state index is 12.8. The average molecular weight is 459 g/mol. The Kier molecular flexibility index (Phi) is 5.06. The monoisotopic (exact) mass is 458 g/mol. The van der Waals surface area contributed by atoms with Crippen LogP contribution in [0, 0.1) is 56.2 Å². The molecule has 0 bridgehead atoms. The normalized spacial score (nSPS) is 60.2. The lowest BCUT2D eigenvalue weighted by Crippen LogP contribution is -2.72. The number of carbonyl (C=O) groups is 1. The van der Waals surface area contributed by atoms with Crippen molar-refractivity contribution >= 4 is 5.78 Å². The van der Waals surface area contributed by atoms with Gasteiger partial charge in [-0.3, -0.25) is 4.79 Å². The maximum Gasteiger partial charge on any atom is 0.138 e. The molecule has 0 aromatic rings. The predicted molar refractivity (Wildman–Crippen MR) is 133 cm³/mol. The second-order valence-corrected chi connectivity index (χ2v) is 15.5. The third-order valence-corrected chi connectivity index (χ3v) is 13.7. The minimum atomic E-state index is -0.543. The van der Waals surface area contributed by atoms with Gasteiger partial charge in [0.2, 0.25) is 0 Å². The number of carbonyl (C=O) groups excluding carboxylic acids is 1. The zero-order valence-corrected chi connectivity index (χ0v) is 22.6. The predicted octanol–water partition coefficient (Wildman–Crippen LogP) is 6.40. The summed E-state index contributed by atoms with van der Waals surface area (Å²) in [6, 6.07) is 0. The van der Waals surface area contributed by atoms with Crippen molar-refractivity contribution in [2.45, 2.75) is 125 Å². The van der Waals surface area contributed by atoms with E-state index in [2.05, 4.69) is 55.4 Å². The van der Waals surface area contributed by atoms with Crippen LogP contribution in [0.15, 0.2) is 0 Å². The van der Waals surface area contributed by atoms with Crippen molar-refractivity contribution in [3.8, 4) is 0 Å². The molecule has 0 saturated heterocycles. The van der Waals surface area contributed by atoms with Crippen LogP contribution in [0.4, 0.5) is 0 Å². The highest BCUT2D eigenvalue weighted by molar-refractivity contribution is 5.83. The van der Waals surface area contributed by atoms with E-state index in [1.165, 1.54) is 19.3 Å². The van der Waals surface area contributed by atoms with E-state index >= 15 is 0 Å². The van der Waals surface area contributed by atoms with E-state index in [0.29, 0.717) is 23.7 Å². The highest BCUT2D eigenvalue weighted by Crippen LogP contribution is 2.78. The fourth-order valence-electron chi connectivity index (χ4n) is 11.4. The highest BCUT2D eigenvalue weighted by atomic mass is 16.3. The molecule has 11 atom stereocenters. The third-order valence-electron chi connectivity index (χ3n) is 13.7. The zero-order chi connectivity index (χ0) is 24.4. The fourth-order valence-corrected chi connectivity index (χ4v) is 11.4. The van der Waals surface area contributed by atoms with Crippen molar-refractivity contribution < 1.29 is 15.0 Å². The summed E-state index contributed by atoms with van der Waals surface area (Å²) >= 11 is 0. The molecule has 5 aliphatic carbocycles. The van der Waals surface area contributed by atoms with Gasteiger partial charge in [0.25, 0.3) is 0 Å². The molecule has 33 heavy (non-hydrogen) atoms. The Morgan fingerprint density at radius 2 is 1.45 bits per heavy atom. The Bertz CT molecular complexity index is 849. The van der Waals surface area contributed by atoms with E-state index in [-0.39, 0.29) is 50.8 Å². The van der Waals surface area contributed by atoms with Crippen LogP contribution < -0.4 is 0 Å². The summed E-state index contributed by atoms with van der Waals surface area (Å²) in [7, 11) is 0. The molecule has 5 fully saturated rings. The first-order valence-corrected chi connectivity index (χ1v) is 13.9. The van der Waals surface area contributed by atoms with Crippen LogP contribution in [0.2, 0.25) is 0 Å². The number of hydrogen-bond donors (Lipinski definition) is 2. The molecule has 11 unspecified atom stereocenters. The molecule has 0 spiro atoms. The lowest BCUT2D eigenvalue weighted by molar-refractivity contribution is -0.298. The number of ketones is 1. The Morgan fingerprint density at radius 1 is 0.788 bits per heavy atom. The molecule has 0 heterocycles. The lowest BCUT2D eigenvalue weighted by atomic mass is 9.29. The first-order chi connectivity index (χ1) is 15.1. The highest BCUT2D eigenvalue weighted by Gasteiger charge is 2.74. The lowest BCUT2D eigenvalue weighted by Gasteiger charge is -2.76. The molecule has 5 saturated carbocycles. The second-order valence-electron chi connectivity index (χ2n) is 15.5.